The molecule has 170 valence electrons. The van der Waals surface area contributed by atoms with Gasteiger partial charge in [0.1, 0.15) is 12.4 Å². The van der Waals surface area contributed by atoms with Gasteiger partial charge in [-0.25, -0.2) is 9.97 Å². The van der Waals surface area contributed by atoms with Crippen LogP contribution in [0.4, 0.5) is 13.2 Å². The number of rotatable bonds is 5. The molecule has 1 fully saturated rings. The second-order valence-electron chi connectivity index (χ2n) is 8.08. The summed E-state index contributed by atoms with van der Waals surface area (Å²) < 4.78 is 45.0. The van der Waals surface area contributed by atoms with Gasteiger partial charge < -0.3 is 9.30 Å². The summed E-state index contributed by atoms with van der Waals surface area (Å²) in [6.07, 6.45) is -0.109. The van der Waals surface area contributed by atoms with Gasteiger partial charge in [0, 0.05) is 41.2 Å². The van der Waals surface area contributed by atoms with Gasteiger partial charge in [-0.3, -0.25) is 4.79 Å². The number of alkyl halides is 3. The van der Waals surface area contributed by atoms with Crippen LogP contribution in [0.15, 0.2) is 53.6 Å². The number of aromatic nitrogens is 3. The molecular formula is C25H22F3N3O2. The van der Waals surface area contributed by atoms with Crippen LogP contribution in [0.5, 0.6) is 5.75 Å². The smallest absolute Gasteiger partial charge is 0.451 e. The number of halogens is 3. The molecule has 0 saturated heterocycles. The average Bonchev–Trinajstić information content (AvgIpc) is 3.60. The van der Waals surface area contributed by atoms with Crippen molar-refractivity contribution in [1.82, 2.24) is 14.5 Å². The van der Waals surface area contributed by atoms with E-state index >= 15 is 0 Å². The molecule has 1 aromatic carbocycles. The summed E-state index contributed by atoms with van der Waals surface area (Å²) in [5.41, 5.74) is 2.76. The minimum Gasteiger partial charge on any atom is -0.489 e. The molecule has 1 aliphatic carbocycles. The van der Waals surface area contributed by atoms with Gasteiger partial charge in [-0.2, -0.15) is 13.2 Å². The molecule has 0 N–H and O–H groups in total. The molecule has 2 heterocycles. The first kappa shape index (κ1) is 22.6. The number of hydrogen-bond acceptors (Lipinski definition) is 4. The van der Waals surface area contributed by atoms with Gasteiger partial charge in [0.25, 0.3) is 5.56 Å². The zero-order valence-electron chi connectivity index (χ0n) is 18.2. The zero-order chi connectivity index (χ0) is 23.6. The molecule has 2 aromatic heterocycles. The van der Waals surface area contributed by atoms with Crippen molar-refractivity contribution >= 4 is 0 Å². The van der Waals surface area contributed by atoms with Crippen LogP contribution in [0.1, 0.15) is 54.0 Å². The minimum absolute atomic E-state index is 0.0556. The zero-order valence-corrected chi connectivity index (χ0v) is 18.2. The van der Waals surface area contributed by atoms with Crippen LogP contribution in [-0.4, -0.2) is 14.5 Å². The van der Waals surface area contributed by atoms with Gasteiger partial charge in [-0.05, 0) is 50.5 Å². The summed E-state index contributed by atoms with van der Waals surface area (Å²) in [6.45, 7) is 3.70. The van der Waals surface area contributed by atoms with Crippen molar-refractivity contribution in [2.24, 2.45) is 5.92 Å². The van der Waals surface area contributed by atoms with E-state index < -0.39 is 12.0 Å². The average molecular weight is 453 g/mol. The van der Waals surface area contributed by atoms with Crippen molar-refractivity contribution in [1.29, 1.82) is 0 Å². The molecule has 0 amide bonds. The van der Waals surface area contributed by atoms with E-state index in [1.807, 2.05) is 38.1 Å². The second kappa shape index (κ2) is 9.10. The SMILES string of the molecule is Cc1cc(OCc2cnc(C(F)(F)F)nc2)cc(=O)n1[C@H](C)c1ccc(C#CC2CC2)cc1. The van der Waals surface area contributed by atoms with Gasteiger partial charge in [-0.15, -0.1) is 0 Å². The highest BCUT2D eigenvalue weighted by molar-refractivity contribution is 5.38. The molecule has 33 heavy (non-hydrogen) atoms. The molecular weight excluding hydrogens is 431 g/mol. The Morgan fingerprint density at radius 1 is 1.15 bits per heavy atom. The summed E-state index contributed by atoms with van der Waals surface area (Å²) in [5, 5.41) is 0. The van der Waals surface area contributed by atoms with Crippen LogP contribution < -0.4 is 10.3 Å². The molecule has 4 rings (SSSR count). The molecule has 1 atom stereocenters. The van der Waals surface area contributed by atoms with Crippen LogP contribution in [0.3, 0.4) is 0 Å². The summed E-state index contributed by atoms with van der Waals surface area (Å²) in [5.74, 6) is 6.07. The molecule has 8 heteroatoms. The van der Waals surface area contributed by atoms with Crippen LogP contribution in [0, 0.1) is 24.7 Å². The van der Waals surface area contributed by atoms with Crippen molar-refractivity contribution in [3.05, 3.63) is 87.4 Å². The predicted molar refractivity (Wildman–Crippen MR) is 117 cm³/mol. The normalized spacial score (nSPS) is 14.3. The van der Waals surface area contributed by atoms with Gasteiger partial charge in [0.05, 0.1) is 6.04 Å². The largest absolute Gasteiger partial charge is 0.489 e. The second-order valence-corrected chi connectivity index (χ2v) is 8.08. The molecule has 1 aliphatic rings. The van der Waals surface area contributed by atoms with Crippen molar-refractivity contribution < 1.29 is 17.9 Å². The Morgan fingerprint density at radius 3 is 2.39 bits per heavy atom. The van der Waals surface area contributed by atoms with E-state index in [2.05, 4.69) is 21.8 Å². The van der Waals surface area contributed by atoms with E-state index in [0.29, 0.717) is 22.9 Å². The molecule has 0 unspecified atom stereocenters. The van der Waals surface area contributed by atoms with E-state index in [0.717, 1.165) is 23.5 Å². The summed E-state index contributed by atoms with van der Waals surface area (Å²) >= 11 is 0. The van der Waals surface area contributed by atoms with Crippen LogP contribution in [0.25, 0.3) is 0 Å². The maximum absolute atomic E-state index is 12.8. The van der Waals surface area contributed by atoms with Crippen molar-refractivity contribution in [3.8, 4) is 17.6 Å². The molecule has 3 aromatic rings. The lowest BCUT2D eigenvalue weighted by Gasteiger charge is -2.19. The van der Waals surface area contributed by atoms with Crippen molar-refractivity contribution in [2.45, 2.75) is 45.5 Å². The van der Waals surface area contributed by atoms with Crippen LogP contribution in [0.2, 0.25) is 0 Å². The maximum atomic E-state index is 12.8. The molecule has 1 saturated carbocycles. The predicted octanol–water partition coefficient (Wildman–Crippen LogP) is 4.92. The van der Waals surface area contributed by atoms with Gasteiger partial charge in [-0.1, -0.05) is 24.0 Å². The van der Waals surface area contributed by atoms with Gasteiger partial charge in [0.2, 0.25) is 5.82 Å². The Kier molecular flexibility index (Phi) is 6.23. The van der Waals surface area contributed by atoms with Crippen molar-refractivity contribution in [3.63, 3.8) is 0 Å². The summed E-state index contributed by atoms with van der Waals surface area (Å²) in [7, 11) is 0. The lowest BCUT2D eigenvalue weighted by molar-refractivity contribution is -0.145. The lowest BCUT2D eigenvalue weighted by Crippen LogP contribution is -2.25. The quantitative estimate of drug-likeness (QED) is 0.515. The first-order valence-corrected chi connectivity index (χ1v) is 10.6. The maximum Gasteiger partial charge on any atom is 0.451 e. The van der Waals surface area contributed by atoms with E-state index in [9.17, 15) is 18.0 Å². The number of benzene rings is 1. The standard InChI is InChI=1S/C25H22F3N3O2/c1-16-11-22(33-15-20-13-29-24(30-14-20)25(26,27)28)12-23(32)31(16)17(2)21-9-7-19(8-10-21)6-5-18-3-4-18/h7-14,17-18H,3-4,15H2,1-2H3/t17-/m1/s1. The Bertz CT molecular complexity index is 1250. The number of pyridine rings is 1. The molecule has 0 bridgehead atoms. The summed E-state index contributed by atoms with van der Waals surface area (Å²) in [6, 6.07) is 10.8. The lowest BCUT2D eigenvalue weighted by atomic mass is 10.1. The van der Waals surface area contributed by atoms with Gasteiger partial charge >= 0.3 is 6.18 Å². The number of nitrogens with zero attached hydrogens (tertiary/aromatic N) is 3. The molecule has 0 radical (unpaired) electrons. The first-order valence-electron chi connectivity index (χ1n) is 10.6. The monoisotopic (exact) mass is 453 g/mol. The fourth-order valence-corrected chi connectivity index (χ4v) is 3.41. The van der Waals surface area contributed by atoms with Crippen LogP contribution in [-0.2, 0) is 12.8 Å². The number of ether oxygens (including phenoxy) is 1. The number of aryl methyl sites for hydroxylation is 1. The number of hydrogen-bond donors (Lipinski definition) is 0. The third-order valence-corrected chi connectivity index (χ3v) is 5.38. The van der Waals surface area contributed by atoms with Crippen LogP contribution >= 0.6 is 0 Å². The van der Waals surface area contributed by atoms with E-state index in [1.165, 1.54) is 18.9 Å². The fraction of sp³-hybridized carbons (Fsp3) is 0.320. The van der Waals surface area contributed by atoms with Gasteiger partial charge in [0.15, 0.2) is 0 Å². The third-order valence-electron chi connectivity index (χ3n) is 5.38. The Balaban J connectivity index is 1.45. The highest BCUT2D eigenvalue weighted by Gasteiger charge is 2.34. The van der Waals surface area contributed by atoms with E-state index in [-0.39, 0.29) is 18.2 Å². The minimum atomic E-state index is -4.60. The topological polar surface area (TPSA) is 57.0 Å². The Morgan fingerprint density at radius 2 is 1.82 bits per heavy atom. The van der Waals surface area contributed by atoms with Crippen molar-refractivity contribution in [2.75, 3.05) is 0 Å². The van der Waals surface area contributed by atoms with E-state index in [1.54, 1.807) is 10.6 Å². The third kappa shape index (κ3) is 5.61. The fourth-order valence-electron chi connectivity index (χ4n) is 3.41. The Labute approximate surface area is 189 Å². The molecule has 0 aliphatic heterocycles. The Hall–Kier alpha value is -3.60. The molecule has 0 spiro atoms. The summed E-state index contributed by atoms with van der Waals surface area (Å²) in [4.78, 5) is 19.4. The highest BCUT2D eigenvalue weighted by Crippen LogP contribution is 2.28. The van der Waals surface area contributed by atoms with E-state index in [4.69, 9.17) is 4.74 Å². The highest BCUT2D eigenvalue weighted by atomic mass is 19.4. The first-order chi connectivity index (χ1) is 15.7. The molecule has 5 nitrogen and oxygen atoms in total.